The number of hydrogen-bond donors (Lipinski definition) is 1. The summed E-state index contributed by atoms with van der Waals surface area (Å²) in [5.41, 5.74) is 5.96. The SMILES string of the molecule is CCCC(N)CC(=O)N1CC(C)CC(C)C1C. The summed E-state index contributed by atoms with van der Waals surface area (Å²) in [5, 5.41) is 0. The van der Waals surface area contributed by atoms with Crippen LogP contribution in [0.15, 0.2) is 0 Å². The van der Waals surface area contributed by atoms with Crippen molar-refractivity contribution in [2.24, 2.45) is 17.6 Å². The van der Waals surface area contributed by atoms with E-state index in [9.17, 15) is 4.79 Å². The summed E-state index contributed by atoms with van der Waals surface area (Å²) < 4.78 is 0. The number of likely N-dealkylation sites (tertiary alicyclic amines) is 1. The van der Waals surface area contributed by atoms with Gasteiger partial charge in [0, 0.05) is 25.0 Å². The first-order valence-corrected chi connectivity index (χ1v) is 7.00. The van der Waals surface area contributed by atoms with Crippen molar-refractivity contribution in [2.45, 2.75) is 65.5 Å². The Morgan fingerprint density at radius 3 is 2.65 bits per heavy atom. The van der Waals surface area contributed by atoms with E-state index in [2.05, 4.69) is 27.7 Å². The number of nitrogens with zero attached hydrogens (tertiary/aromatic N) is 1. The molecule has 17 heavy (non-hydrogen) atoms. The van der Waals surface area contributed by atoms with E-state index in [1.54, 1.807) is 0 Å². The lowest BCUT2D eigenvalue weighted by Crippen LogP contribution is -2.50. The van der Waals surface area contributed by atoms with Gasteiger partial charge < -0.3 is 10.6 Å². The molecular weight excluding hydrogens is 212 g/mol. The molecule has 1 amide bonds. The third-order valence-corrected chi connectivity index (χ3v) is 4.01. The van der Waals surface area contributed by atoms with E-state index >= 15 is 0 Å². The van der Waals surface area contributed by atoms with Crippen molar-refractivity contribution in [3.05, 3.63) is 0 Å². The van der Waals surface area contributed by atoms with Crippen LogP contribution in [0.4, 0.5) is 0 Å². The van der Waals surface area contributed by atoms with Gasteiger partial charge in [0.15, 0.2) is 0 Å². The highest BCUT2D eigenvalue weighted by Crippen LogP contribution is 2.27. The Labute approximate surface area is 106 Å². The zero-order chi connectivity index (χ0) is 13.0. The fourth-order valence-corrected chi connectivity index (χ4v) is 2.86. The molecule has 1 rings (SSSR count). The average molecular weight is 240 g/mol. The molecule has 0 aromatic heterocycles. The zero-order valence-electron chi connectivity index (χ0n) is 11.8. The molecule has 0 aromatic rings. The second-order valence-electron chi connectivity index (χ2n) is 5.86. The molecule has 4 atom stereocenters. The third kappa shape index (κ3) is 3.98. The summed E-state index contributed by atoms with van der Waals surface area (Å²) >= 11 is 0. The number of nitrogens with two attached hydrogens (primary N) is 1. The molecule has 0 saturated carbocycles. The van der Waals surface area contributed by atoms with E-state index in [0.717, 1.165) is 19.4 Å². The fraction of sp³-hybridized carbons (Fsp3) is 0.929. The van der Waals surface area contributed by atoms with E-state index in [4.69, 9.17) is 5.73 Å². The number of hydrogen-bond acceptors (Lipinski definition) is 2. The molecule has 0 radical (unpaired) electrons. The van der Waals surface area contributed by atoms with Crippen molar-refractivity contribution >= 4 is 5.91 Å². The summed E-state index contributed by atoms with van der Waals surface area (Å²) in [6.07, 6.45) is 3.74. The van der Waals surface area contributed by atoms with Crippen LogP contribution in [0.5, 0.6) is 0 Å². The molecule has 100 valence electrons. The van der Waals surface area contributed by atoms with Gasteiger partial charge in [-0.2, -0.15) is 0 Å². The monoisotopic (exact) mass is 240 g/mol. The second-order valence-corrected chi connectivity index (χ2v) is 5.86. The average Bonchev–Trinajstić information content (AvgIpc) is 2.23. The molecule has 0 aromatic carbocycles. The molecule has 4 unspecified atom stereocenters. The molecule has 2 N–H and O–H groups in total. The van der Waals surface area contributed by atoms with Crippen molar-refractivity contribution in [1.82, 2.24) is 4.90 Å². The second kappa shape index (κ2) is 6.39. The highest BCUT2D eigenvalue weighted by atomic mass is 16.2. The topological polar surface area (TPSA) is 46.3 Å². The number of amides is 1. The molecular formula is C14H28N2O. The van der Waals surface area contributed by atoms with Crippen LogP contribution in [0.1, 0.15) is 53.4 Å². The fourth-order valence-electron chi connectivity index (χ4n) is 2.86. The van der Waals surface area contributed by atoms with Crippen LogP contribution in [-0.2, 0) is 4.79 Å². The van der Waals surface area contributed by atoms with Gasteiger partial charge in [0.25, 0.3) is 0 Å². The van der Waals surface area contributed by atoms with E-state index < -0.39 is 0 Å². The standard InChI is InChI=1S/C14H28N2O/c1-5-6-13(15)8-14(17)16-9-10(2)7-11(3)12(16)4/h10-13H,5-9,15H2,1-4H3. The Hall–Kier alpha value is -0.570. The van der Waals surface area contributed by atoms with Gasteiger partial charge in [-0.25, -0.2) is 0 Å². The lowest BCUT2D eigenvalue weighted by Gasteiger charge is -2.41. The van der Waals surface area contributed by atoms with Gasteiger partial charge in [0.05, 0.1) is 0 Å². The van der Waals surface area contributed by atoms with Crippen molar-refractivity contribution in [3.8, 4) is 0 Å². The number of carbonyl (C=O) groups excluding carboxylic acids is 1. The lowest BCUT2D eigenvalue weighted by molar-refractivity contribution is -0.137. The van der Waals surface area contributed by atoms with Gasteiger partial charge in [-0.15, -0.1) is 0 Å². The number of rotatable bonds is 4. The van der Waals surface area contributed by atoms with E-state index in [1.807, 2.05) is 4.90 Å². The van der Waals surface area contributed by atoms with Crippen molar-refractivity contribution in [1.29, 1.82) is 0 Å². The molecule has 1 aliphatic heterocycles. The maximum atomic E-state index is 12.2. The number of carbonyl (C=O) groups is 1. The van der Waals surface area contributed by atoms with Gasteiger partial charge in [-0.1, -0.05) is 27.2 Å². The maximum absolute atomic E-state index is 12.2. The van der Waals surface area contributed by atoms with E-state index in [0.29, 0.717) is 24.3 Å². The Balaban J connectivity index is 2.54. The molecule has 3 heteroatoms. The quantitative estimate of drug-likeness (QED) is 0.820. The number of piperidine rings is 1. The molecule has 1 aliphatic rings. The summed E-state index contributed by atoms with van der Waals surface area (Å²) in [6, 6.07) is 0.403. The Kier molecular flexibility index (Phi) is 5.44. The van der Waals surface area contributed by atoms with Crippen molar-refractivity contribution < 1.29 is 4.79 Å². The smallest absolute Gasteiger partial charge is 0.224 e. The summed E-state index contributed by atoms with van der Waals surface area (Å²) in [5.74, 6) is 1.47. The predicted molar refractivity (Wildman–Crippen MR) is 71.6 cm³/mol. The molecule has 0 spiro atoms. The van der Waals surface area contributed by atoms with Crippen LogP contribution in [0.3, 0.4) is 0 Å². The molecule has 0 bridgehead atoms. The molecule has 1 heterocycles. The molecule has 1 saturated heterocycles. The minimum Gasteiger partial charge on any atom is -0.339 e. The largest absolute Gasteiger partial charge is 0.339 e. The van der Waals surface area contributed by atoms with Crippen LogP contribution >= 0.6 is 0 Å². The molecule has 1 fully saturated rings. The zero-order valence-corrected chi connectivity index (χ0v) is 11.8. The van der Waals surface area contributed by atoms with Crippen LogP contribution in [0.25, 0.3) is 0 Å². The normalized spacial score (nSPS) is 31.4. The first-order valence-electron chi connectivity index (χ1n) is 7.00. The lowest BCUT2D eigenvalue weighted by atomic mass is 9.85. The van der Waals surface area contributed by atoms with Crippen molar-refractivity contribution in [3.63, 3.8) is 0 Å². The van der Waals surface area contributed by atoms with Gasteiger partial charge in [-0.05, 0) is 31.6 Å². The van der Waals surface area contributed by atoms with Crippen LogP contribution < -0.4 is 5.73 Å². The summed E-state index contributed by atoms with van der Waals surface area (Å²) in [7, 11) is 0. The van der Waals surface area contributed by atoms with Gasteiger partial charge in [0.2, 0.25) is 5.91 Å². The van der Waals surface area contributed by atoms with Crippen LogP contribution in [0.2, 0.25) is 0 Å². The first-order chi connectivity index (χ1) is 7.95. The predicted octanol–water partition coefficient (Wildman–Crippen LogP) is 2.40. The molecule has 0 aliphatic carbocycles. The van der Waals surface area contributed by atoms with Crippen LogP contribution in [-0.4, -0.2) is 29.4 Å². The van der Waals surface area contributed by atoms with E-state index in [-0.39, 0.29) is 11.9 Å². The highest BCUT2D eigenvalue weighted by molar-refractivity contribution is 5.77. The van der Waals surface area contributed by atoms with Gasteiger partial charge >= 0.3 is 0 Å². The van der Waals surface area contributed by atoms with Gasteiger partial charge in [-0.3, -0.25) is 4.79 Å². The minimum atomic E-state index is 0.0345. The maximum Gasteiger partial charge on any atom is 0.224 e. The highest BCUT2D eigenvalue weighted by Gasteiger charge is 2.32. The van der Waals surface area contributed by atoms with Gasteiger partial charge in [0.1, 0.15) is 0 Å². The van der Waals surface area contributed by atoms with Crippen molar-refractivity contribution in [2.75, 3.05) is 6.54 Å². The summed E-state index contributed by atoms with van der Waals surface area (Å²) in [4.78, 5) is 14.3. The van der Waals surface area contributed by atoms with Crippen LogP contribution in [0, 0.1) is 11.8 Å². The van der Waals surface area contributed by atoms with E-state index in [1.165, 1.54) is 6.42 Å². The Morgan fingerprint density at radius 2 is 2.06 bits per heavy atom. The first kappa shape index (κ1) is 14.5. The Bertz CT molecular complexity index is 255. The Morgan fingerprint density at radius 1 is 1.41 bits per heavy atom. The minimum absolute atomic E-state index is 0.0345. The summed E-state index contributed by atoms with van der Waals surface area (Å²) in [6.45, 7) is 9.65. The molecule has 3 nitrogen and oxygen atoms in total. The third-order valence-electron chi connectivity index (χ3n) is 4.01.